The molecule has 2 amide bonds. The van der Waals surface area contributed by atoms with Gasteiger partial charge in [-0.1, -0.05) is 12.1 Å². The van der Waals surface area contributed by atoms with Crippen molar-refractivity contribution in [1.82, 2.24) is 15.5 Å². The van der Waals surface area contributed by atoms with Gasteiger partial charge in [-0.25, -0.2) is 0 Å². The van der Waals surface area contributed by atoms with Gasteiger partial charge in [-0.05, 0) is 57.8 Å². The number of carbonyl (C=O) groups is 2. The average Bonchev–Trinajstić information content (AvgIpc) is 2.56. The number of nitrogens with one attached hydrogen (secondary N) is 2. The van der Waals surface area contributed by atoms with Crippen molar-refractivity contribution in [3.05, 3.63) is 35.9 Å². The van der Waals surface area contributed by atoms with E-state index in [1.807, 2.05) is 38.4 Å². The molecule has 0 aliphatic rings. The van der Waals surface area contributed by atoms with Gasteiger partial charge in [-0.2, -0.15) is 0 Å². The Hall–Kier alpha value is -2.34. The maximum Gasteiger partial charge on any atom is 0.244 e. The van der Waals surface area contributed by atoms with Crippen LogP contribution in [-0.2, 0) is 9.59 Å². The Morgan fingerprint density at radius 1 is 1.25 bits per heavy atom. The van der Waals surface area contributed by atoms with Crippen molar-refractivity contribution in [2.24, 2.45) is 0 Å². The number of hydrogen-bond donors (Lipinski definition) is 2. The van der Waals surface area contributed by atoms with Crippen LogP contribution in [0, 0.1) is 0 Å². The standard InChI is InChI=1S/C18H27N3O3/c1-14(18(23)19-12-5-13-21(2)3)20-17(22)11-8-15-6-9-16(24-4)10-7-15/h6-11,14H,5,12-13H2,1-4H3,(H,19,23)(H,20,22). The van der Waals surface area contributed by atoms with E-state index in [4.69, 9.17) is 4.74 Å². The lowest BCUT2D eigenvalue weighted by atomic mass is 10.2. The molecule has 1 aromatic rings. The Balaban J connectivity index is 2.36. The van der Waals surface area contributed by atoms with Crippen LogP contribution in [0.15, 0.2) is 30.3 Å². The molecule has 6 heteroatoms. The summed E-state index contributed by atoms with van der Waals surface area (Å²) in [4.78, 5) is 25.8. The van der Waals surface area contributed by atoms with Gasteiger partial charge in [0.05, 0.1) is 7.11 Å². The Kier molecular flexibility index (Phi) is 8.57. The van der Waals surface area contributed by atoms with Crippen molar-refractivity contribution in [2.75, 3.05) is 34.3 Å². The predicted molar refractivity (Wildman–Crippen MR) is 95.8 cm³/mol. The third kappa shape index (κ3) is 7.78. The van der Waals surface area contributed by atoms with Crippen LogP contribution in [0.3, 0.4) is 0 Å². The fourth-order valence-corrected chi connectivity index (χ4v) is 1.97. The van der Waals surface area contributed by atoms with Crippen molar-refractivity contribution >= 4 is 17.9 Å². The average molecular weight is 333 g/mol. The summed E-state index contributed by atoms with van der Waals surface area (Å²) in [6, 6.07) is 6.77. The normalized spacial score (nSPS) is 12.2. The molecular formula is C18H27N3O3. The number of benzene rings is 1. The Morgan fingerprint density at radius 3 is 2.50 bits per heavy atom. The zero-order valence-electron chi connectivity index (χ0n) is 14.8. The summed E-state index contributed by atoms with van der Waals surface area (Å²) in [5.41, 5.74) is 0.881. The molecule has 2 N–H and O–H groups in total. The van der Waals surface area contributed by atoms with E-state index in [1.165, 1.54) is 6.08 Å². The molecule has 1 unspecified atom stereocenters. The fraction of sp³-hybridized carbons (Fsp3) is 0.444. The summed E-state index contributed by atoms with van der Waals surface area (Å²) in [6.45, 7) is 3.17. The number of amides is 2. The summed E-state index contributed by atoms with van der Waals surface area (Å²) in [5.74, 6) is 0.276. The monoisotopic (exact) mass is 333 g/mol. The van der Waals surface area contributed by atoms with E-state index < -0.39 is 6.04 Å². The molecule has 1 rings (SSSR count). The van der Waals surface area contributed by atoms with Crippen molar-refractivity contribution in [1.29, 1.82) is 0 Å². The fourth-order valence-electron chi connectivity index (χ4n) is 1.97. The third-order valence-corrected chi connectivity index (χ3v) is 3.38. The van der Waals surface area contributed by atoms with Gasteiger partial charge in [0, 0.05) is 12.6 Å². The minimum absolute atomic E-state index is 0.181. The van der Waals surface area contributed by atoms with Gasteiger partial charge in [0.1, 0.15) is 11.8 Å². The summed E-state index contributed by atoms with van der Waals surface area (Å²) in [7, 11) is 5.57. The lowest BCUT2D eigenvalue weighted by Gasteiger charge is -2.14. The second kappa shape index (κ2) is 10.4. The second-order valence-electron chi connectivity index (χ2n) is 5.78. The zero-order chi connectivity index (χ0) is 17.9. The molecule has 1 atom stereocenters. The SMILES string of the molecule is COc1ccc(C=CC(=O)NC(C)C(=O)NCCCN(C)C)cc1. The molecule has 0 saturated heterocycles. The van der Waals surface area contributed by atoms with Crippen molar-refractivity contribution in [3.8, 4) is 5.75 Å². The van der Waals surface area contributed by atoms with E-state index in [-0.39, 0.29) is 11.8 Å². The maximum absolute atomic E-state index is 11.9. The lowest BCUT2D eigenvalue weighted by Crippen LogP contribution is -2.44. The van der Waals surface area contributed by atoms with Crippen molar-refractivity contribution < 1.29 is 14.3 Å². The summed E-state index contributed by atoms with van der Waals surface area (Å²) < 4.78 is 5.08. The van der Waals surface area contributed by atoms with E-state index in [9.17, 15) is 9.59 Å². The first-order chi connectivity index (χ1) is 11.4. The molecule has 0 spiro atoms. The molecule has 0 radical (unpaired) electrons. The molecule has 0 bridgehead atoms. The minimum Gasteiger partial charge on any atom is -0.497 e. The molecule has 1 aromatic carbocycles. The Morgan fingerprint density at radius 2 is 1.92 bits per heavy atom. The van der Waals surface area contributed by atoms with E-state index in [1.54, 1.807) is 20.1 Å². The Bertz CT molecular complexity index is 553. The molecule has 132 valence electrons. The van der Waals surface area contributed by atoms with Crippen molar-refractivity contribution in [2.45, 2.75) is 19.4 Å². The maximum atomic E-state index is 11.9. The van der Waals surface area contributed by atoms with Crippen LogP contribution in [-0.4, -0.2) is 57.1 Å². The number of rotatable bonds is 9. The first kappa shape index (κ1) is 19.7. The summed E-state index contributed by atoms with van der Waals surface area (Å²) >= 11 is 0. The molecule has 0 aliphatic carbocycles. The molecule has 0 aliphatic heterocycles. The minimum atomic E-state index is -0.572. The van der Waals surface area contributed by atoms with Crippen LogP contribution in [0.25, 0.3) is 6.08 Å². The van der Waals surface area contributed by atoms with Crippen LogP contribution in [0.4, 0.5) is 0 Å². The lowest BCUT2D eigenvalue weighted by molar-refractivity contribution is -0.126. The van der Waals surface area contributed by atoms with Gasteiger partial charge in [-0.3, -0.25) is 9.59 Å². The predicted octanol–water partition coefficient (Wildman–Crippen LogP) is 1.28. The second-order valence-corrected chi connectivity index (χ2v) is 5.78. The van der Waals surface area contributed by atoms with Gasteiger partial charge in [0.25, 0.3) is 0 Å². The van der Waals surface area contributed by atoms with Crippen LogP contribution >= 0.6 is 0 Å². The van der Waals surface area contributed by atoms with Gasteiger partial charge in [0.15, 0.2) is 0 Å². The van der Waals surface area contributed by atoms with E-state index in [0.717, 1.165) is 24.3 Å². The number of carbonyl (C=O) groups excluding carboxylic acids is 2. The molecule has 0 saturated carbocycles. The van der Waals surface area contributed by atoms with E-state index in [0.29, 0.717) is 6.54 Å². The van der Waals surface area contributed by atoms with Crippen LogP contribution in [0.2, 0.25) is 0 Å². The van der Waals surface area contributed by atoms with Crippen LogP contribution in [0.1, 0.15) is 18.9 Å². The number of hydrogen-bond acceptors (Lipinski definition) is 4. The highest BCUT2D eigenvalue weighted by molar-refractivity contribution is 5.95. The zero-order valence-corrected chi connectivity index (χ0v) is 14.8. The molecule has 0 fully saturated rings. The van der Waals surface area contributed by atoms with E-state index in [2.05, 4.69) is 15.5 Å². The topological polar surface area (TPSA) is 70.7 Å². The van der Waals surface area contributed by atoms with Gasteiger partial charge in [-0.15, -0.1) is 0 Å². The third-order valence-electron chi connectivity index (χ3n) is 3.38. The molecule has 0 heterocycles. The van der Waals surface area contributed by atoms with E-state index >= 15 is 0 Å². The summed E-state index contributed by atoms with van der Waals surface area (Å²) in [5, 5.41) is 5.46. The van der Waals surface area contributed by atoms with Gasteiger partial charge < -0.3 is 20.3 Å². The molecule has 0 aromatic heterocycles. The van der Waals surface area contributed by atoms with Crippen molar-refractivity contribution in [3.63, 3.8) is 0 Å². The highest BCUT2D eigenvalue weighted by Crippen LogP contribution is 2.12. The molecule has 6 nitrogen and oxygen atoms in total. The first-order valence-electron chi connectivity index (χ1n) is 7.97. The highest BCUT2D eigenvalue weighted by Gasteiger charge is 2.13. The van der Waals surface area contributed by atoms with Gasteiger partial charge >= 0.3 is 0 Å². The molecular weight excluding hydrogens is 306 g/mol. The number of ether oxygens (including phenoxy) is 1. The largest absolute Gasteiger partial charge is 0.497 e. The number of methoxy groups -OCH3 is 1. The van der Waals surface area contributed by atoms with Crippen LogP contribution in [0.5, 0.6) is 5.75 Å². The number of nitrogens with zero attached hydrogens (tertiary/aromatic N) is 1. The first-order valence-corrected chi connectivity index (χ1v) is 7.97. The van der Waals surface area contributed by atoms with Crippen LogP contribution < -0.4 is 15.4 Å². The quantitative estimate of drug-likeness (QED) is 0.528. The highest BCUT2D eigenvalue weighted by atomic mass is 16.5. The summed E-state index contributed by atoms with van der Waals surface area (Å²) in [6.07, 6.45) is 3.98. The molecule has 24 heavy (non-hydrogen) atoms. The Labute approximate surface area is 143 Å². The van der Waals surface area contributed by atoms with Gasteiger partial charge in [0.2, 0.25) is 11.8 Å². The smallest absolute Gasteiger partial charge is 0.244 e.